The van der Waals surface area contributed by atoms with Crippen LogP contribution in [0.1, 0.15) is 29.7 Å². The first-order chi connectivity index (χ1) is 17.4. The number of H-pyrrole nitrogens is 1. The minimum atomic E-state index is -0.878. The Balaban J connectivity index is 1.47. The van der Waals surface area contributed by atoms with Gasteiger partial charge in [-0.05, 0) is 29.7 Å². The Morgan fingerprint density at radius 3 is 2.28 bits per heavy atom. The van der Waals surface area contributed by atoms with Gasteiger partial charge in [0.15, 0.2) is 5.82 Å². The van der Waals surface area contributed by atoms with Gasteiger partial charge in [0, 0.05) is 16.1 Å². The number of hydrogen-bond donors (Lipinski definition) is 3. The molecule has 0 radical (unpaired) electrons. The van der Waals surface area contributed by atoms with Gasteiger partial charge >= 0.3 is 12.1 Å². The molecule has 8 nitrogen and oxygen atoms in total. The number of hydrogen-bond acceptors (Lipinski definition) is 5. The van der Waals surface area contributed by atoms with Gasteiger partial charge in [0.2, 0.25) is 0 Å². The zero-order valence-electron chi connectivity index (χ0n) is 19.2. The van der Waals surface area contributed by atoms with E-state index in [0.717, 1.165) is 16.7 Å². The molecule has 1 amide bonds. The fourth-order valence-corrected chi connectivity index (χ4v) is 4.01. The van der Waals surface area contributed by atoms with Gasteiger partial charge < -0.3 is 9.84 Å². The van der Waals surface area contributed by atoms with Gasteiger partial charge in [-0.3, -0.25) is 15.2 Å². The van der Waals surface area contributed by atoms with Crippen LogP contribution in [-0.2, 0) is 16.0 Å². The van der Waals surface area contributed by atoms with Crippen molar-refractivity contribution in [3.8, 4) is 28.5 Å². The molecule has 9 heteroatoms. The van der Waals surface area contributed by atoms with Crippen LogP contribution in [0.5, 0.6) is 0 Å². The smallest absolute Gasteiger partial charge is 0.413 e. The molecule has 0 saturated carbocycles. The van der Waals surface area contributed by atoms with E-state index in [1.807, 2.05) is 36.4 Å². The standard InChI is InChI=1S/C27H21ClN4O4/c1-16(21-4-2-3-5-23(21)28)36-27(35)30-26-22(15-29)25(31-32-26)20-12-10-19(11-13-20)18-8-6-17(7-9-18)14-24(33)34/h2-13,16H,14H2,1H3,(H,33,34)(H2,30,31,32,35). The lowest BCUT2D eigenvalue weighted by atomic mass is 10.00. The third-order valence-electron chi connectivity index (χ3n) is 5.54. The third-order valence-corrected chi connectivity index (χ3v) is 5.89. The minimum Gasteiger partial charge on any atom is -0.481 e. The first-order valence-electron chi connectivity index (χ1n) is 11.0. The van der Waals surface area contributed by atoms with E-state index >= 15 is 0 Å². The number of aromatic nitrogens is 2. The summed E-state index contributed by atoms with van der Waals surface area (Å²) in [7, 11) is 0. The maximum absolute atomic E-state index is 12.4. The summed E-state index contributed by atoms with van der Waals surface area (Å²) in [5.74, 6) is -0.820. The van der Waals surface area contributed by atoms with Crippen LogP contribution in [0.25, 0.3) is 22.4 Å². The lowest BCUT2D eigenvalue weighted by molar-refractivity contribution is -0.136. The second-order valence-corrected chi connectivity index (χ2v) is 8.38. The highest BCUT2D eigenvalue weighted by Gasteiger charge is 2.20. The van der Waals surface area contributed by atoms with E-state index in [1.165, 1.54) is 0 Å². The van der Waals surface area contributed by atoms with E-state index in [-0.39, 0.29) is 17.8 Å². The second kappa shape index (κ2) is 10.8. The number of halogens is 1. The summed E-state index contributed by atoms with van der Waals surface area (Å²) in [5, 5.41) is 28.5. The average Bonchev–Trinajstić information content (AvgIpc) is 3.26. The molecule has 1 unspecified atom stereocenters. The number of aromatic amines is 1. The van der Waals surface area contributed by atoms with Gasteiger partial charge in [-0.15, -0.1) is 0 Å². The first-order valence-corrected chi connectivity index (χ1v) is 11.4. The fraction of sp³-hybridized carbons (Fsp3) is 0.111. The van der Waals surface area contributed by atoms with Gasteiger partial charge in [0.25, 0.3) is 0 Å². The lowest BCUT2D eigenvalue weighted by Gasteiger charge is -2.14. The molecule has 4 aromatic rings. The first kappa shape index (κ1) is 24.5. The maximum atomic E-state index is 12.4. The van der Waals surface area contributed by atoms with E-state index < -0.39 is 18.2 Å². The molecule has 0 aliphatic heterocycles. The van der Waals surface area contributed by atoms with Crippen LogP contribution in [-0.4, -0.2) is 27.4 Å². The molecule has 3 aromatic carbocycles. The molecular weight excluding hydrogens is 480 g/mol. The summed E-state index contributed by atoms with van der Waals surface area (Å²) in [6.07, 6.45) is -1.40. The van der Waals surface area contributed by atoms with Gasteiger partial charge in [0.1, 0.15) is 17.7 Å². The van der Waals surface area contributed by atoms with E-state index in [0.29, 0.717) is 21.8 Å². The molecule has 1 aromatic heterocycles. The van der Waals surface area contributed by atoms with Crippen LogP contribution in [0, 0.1) is 11.3 Å². The number of carbonyl (C=O) groups excluding carboxylic acids is 1. The van der Waals surface area contributed by atoms with Gasteiger partial charge in [-0.1, -0.05) is 78.3 Å². The Hall–Kier alpha value is -4.61. The molecular formula is C27H21ClN4O4. The fourth-order valence-electron chi connectivity index (χ4n) is 3.72. The number of amides is 1. The predicted molar refractivity (Wildman–Crippen MR) is 135 cm³/mol. The number of aliphatic carboxylic acids is 1. The summed E-state index contributed by atoms with van der Waals surface area (Å²) in [6, 6.07) is 23.9. The van der Waals surface area contributed by atoms with Crippen molar-refractivity contribution in [1.82, 2.24) is 10.2 Å². The van der Waals surface area contributed by atoms with Crippen molar-refractivity contribution >= 4 is 29.5 Å². The molecule has 180 valence electrons. The molecule has 3 N–H and O–H groups in total. The number of benzene rings is 3. The molecule has 36 heavy (non-hydrogen) atoms. The van der Waals surface area contributed by atoms with Gasteiger partial charge in [-0.25, -0.2) is 4.79 Å². The Kier molecular flexibility index (Phi) is 7.33. The summed E-state index contributed by atoms with van der Waals surface area (Å²) >= 11 is 6.16. The number of rotatable bonds is 7. The van der Waals surface area contributed by atoms with Crippen LogP contribution < -0.4 is 5.32 Å². The highest BCUT2D eigenvalue weighted by atomic mass is 35.5. The zero-order valence-corrected chi connectivity index (χ0v) is 19.9. The van der Waals surface area contributed by atoms with Crippen molar-refractivity contribution in [2.45, 2.75) is 19.4 Å². The number of carboxylic acid groups (broad SMARTS) is 1. The third kappa shape index (κ3) is 5.54. The van der Waals surface area contributed by atoms with Crippen LogP contribution in [0.2, 0.25) is 5.02 Å². The van der Waals surface area contributed by atoms with Gasteiger partial charge in [-0.2, -0.15) is 10.4 Å². The normalized spacial score (nSPS) is 11.4. The predicted octanol–water partition coefficient (Wildman–Crippen LogP) is 6.21. The maximum Gasteiger partial charge on any atom is 0.413 e. The molecule has 0 spiro atoms. The summed E-state index contributed by atoms with van der Waals surface area (Å²) in [6.45, 7) is 1.70. The molecule has 0 fully saturated rings. The quantitative estimate of drug-likeness (QED) is 0.277. The Morgan fingerprint density at radius 1 is 1.06 bits per heavy atom. The monoisotopic (exact) mass is 500 g/mol. The van der Waals surface area contributed by atoms with E-state index in [9.17, 15) is 14.9 Å². The molecule has 0 bridgehead atoms. The van der Waals surface area contributed by atoms with Crippen molar-refractivity contribution in [3.05, 3.63) is 94.5 Å². The number of nitrogens with zero attached hydrogens (tertiary/aromatic N) is 2. The highest BCUT2D eigenvalue weighted by molar-refractivity contribution is 6.31. The molecule has 1 heterocycles. The molecule has 0 saturated heterocycles. The summed E-state index contributed by atoms with van der Waals surface area (Å²) in [5.41, 5.74) is 4.57. The summed E-state index contributed by atoms with van der Waals surface area (Å²) in [4.78, 5) is 23.3. The second-order valence-electron chi connectivity index (χ2n) is 7.97. The molecule has 1 atom stereocenters. The van der Waals surface area contributed by atoms with E-state index in [4.69, 9.17) is 21.4 Å². The van der Waals surface area contributed by atoms with Crippen molar-refractivity contribution < 1.29 is 19.4 Å². The van der Waals surface area contributed by atoms with E-state index in [2.05, 4.69) is 21.6 Å². The number of anilines is 1. The average molecular weight is 501 g/mol. The number of nitriles is 1. The highest BCUT2D eigenvalue weighted by Crippen LogP contribution is 2.30. The topological polar surface area (TPSA) is 128 Å². The number of carbonyl (C=O) groups is 2. The largest absolute Gasteiger partial charge is 0.481 e. The summed E-state index contributed by atoms with van der Waals surface area (Å²) < 4.78 is 5.40. The molecule has 4 rings (SSSR count). The number of nitrogens with one attached hydrogen (secondary N) is 2. The number of carboxylic acids is 1. The van der Waals surface area contributed by atoms with Crippen LogP contribution >= 0.6 is 11.6 Å². The number of ether oxygens (including phenoxy) is 1. The minimum absolute atomic E-state index is 0.0290. The Morgan fingerprint density at radius 2 is 1.67 bits per heavy atom. The molecule has 0 aliphatic carbocycles. The van der Waals surface area contributed by atoms with Crippen molar-refractivity contribution in [3.63, 3.8) is 0 Å². The van der Waals surface area contributed by atoms with Crippen molar-refractivity contribution in [2.24, 2.45) is 0 Å². The van der Waals surface area contributed by atoms with Crippen LogP contribution in [0.15, 0.2) is 72.8 Å². The SMILES string of the molecule is CC(OC(=O)Nc1n[nH]c(-c2ccc(-c3ccc(CC(=O)O)cc3)cc2)c1C#N)c1ccccc1Cl. The van der Waals surface area contributed by atoms with Crippen LogP contribution in [0.3, 0.4) is 0 Å². The van der Waals surface area contributed by atoms with Crippen LogP contribution in [0.4, 0.5) is 10.6 Å². The Labute approximate surface area is 212 Å². The Bertz CT molecular complexity index is 1440. The van der Waals surface area contributed by atoms with Gasteiger partial charge in [0.05, 0.1) is 12.1 Å². The van der Waals surface area contributed by atoms with Crippen molar-refractivity contribution in [1.29, 1.82) is 5.26 Å². The van der Waals surface area contributed by atoms with E-state index in [1.54, 1.807) is 43.3 Å². The lowest BCUT2D eigenvalue weighted by Crippen LogP contribution is -2.17. The van der Waals surface area contributed by atoms with Crippen molar-refractivity contribution in [2.75, 3.05) is 5.32 Å². The zero-order chi connectivity index (χ0) is 25.7. The molecule has 0 aliphatic rings.